The summed E-state index contributed by atoms with van der Waals surface area (Å²) in [6.07, 6.45) is 1.31. The summed E-state index contributed by atoms with van der Waals surface area (Å²) in [5, 5.41) is 0.564. The molecule has 0 radical (unpaired) electrons. The highest BCUT2D eigenvalue weighted by Gasteiger charge is 2.09. The minimum atomic E-state index is -0.288. The molecular weight excluding hydrogens is 344 g/mol. The number of nitrogens with one attached hydrogen (secondary N) is 1. The molecule has 140 valence electrons. The van der Waals surface area contributed by atoms with Gasteiger partial charge < -0.3 is 14.5 Å². The second-order valence-corrected chi connectivity index (χ2v) is 6.08. The first kappa shape index (κ1) is 18.6. The van der Waals surface area contributed by atoms with Gasteiger partial charge in [-0.05, 0) is 31.5 Å². The summed E-state index contributed by atoms with van der Waals surface area (Å²) in [6, 6.07) is 14.7. The second-order valence-electron chi connectivity index (χ2n) is 6.08. The number of hydrogen-bond donors (Lipinski definition) is 1. The summed E-state index contributed by atoms with van der Waals surface area (Å²) in [7, 11) is 0. The normalized spacial score (nSPS) is 10.7. The zero-order valence-electron chi connectivity index (χ0n) is 15.2. The van der Waals surface area contributed by atoms with Crippen molar-refractivity contribution in [1.29, 1.82) is 0 Å². The number of carbonyl (C=O) groups is 1. The molecule has 3 rings (SSSR count). The highest BCUT2D eigenvalue weighted by atomic mass is 16.5. The van der Waals surface area contributed by atoms with Gasteiger partial charge in [-0.2, -0.15) is 0 Å². The van der Waals surface area contributed by atoms with Gasteiger partial charge >= 0.3 is 5.97 Å². The molecule has 3 aromatic rings. The Hall–Kier alpha value is -3.15. The van der Waals surface area contributed by atoms with Crippen LogP contribution in [0.4, 0.5) is 0 Å². The van der Waals surface area contributed by atoms with E-state index in [1.165, 1.54) is 0 Å². The SMILES string of the molecule is CCOc1ccccc1COC(=O)CCCc1nc2ccccc2c(=O)[nH]1. The first-order valence-corrected chi connectivity index (χ1v) is 9.01. The molecule has 0 unspecified atom stereocenters. The van der Waals surface area contributed by atoms with E-state index >= 15 is 0 Å². The predicted molar refractivity (Wildman–Crippen MR) is 103 cm³/mol. The fourth-order valence-electron chi connectivity index (χ4n) is 2.80. The van der Waals surface area contributed by atoms with Crippen molar-refractivity contribution in [3.05, 3.63) is 70.3 Å². The van der Waals surface area contributed by atoms with E-state index < -0.39 is 0 Å². The van der Waals surface area contributed by atoms with Crippen LogP contribution in [0.25, 0.3) is 10.9 Å². The third kappa shape index (κ3) is 4.94. The molecule has 2 aromatic carbocycles. The summed E-state index contributed by atoms with van der Waals surface area (Å²) < 4.78 is 10.9. The lowest BCUT2D eigenvalue weighted by molar-refractivity contribution is -0.145. The first-order chi connectivity index (χ1) is 13.2. The number of aryl methyl sites for hydroxylation is 1. The Morgan fingerprint density at radius 2 is 1.89 bits per heavy atom. The van der Waals surface area contributed by atoms with Crippen LogP contribution in [0, 0.1) is 0 Å². The van der Waals surface area contributed by atoms with E-state index in [-0.39, 0.29) is 24.6 Å². The highest BCUT2D eigenvalue weighted by molar-refractivity contribution is 5.77. The molecule has 0 fully saturated rings. The Morgan fingerprint density at radius 3 is 2.74 bits per heavy atom. The van der Waals surface area contributed by atoms with E-state index in [9.17, 15) is 9.59 Å². The molecule has 1 N–H and O–H groups in total. The quantitative estimate of drug-likeness (QED) is 0.618. The van der Waals surface area contributed by atoms with Crippen molar-refractivity contribution in [3.63, 3.8) is 0 Å². The molecule has 0 saturated carbocycles. The second kappa shape index (κ2) is 8.98. The van der Waals surface area contributed by atoms with Crippen molar-refractivity contribution in [2.24, 2.45) is 0 Å². The fraction of sp³-hybridized carbons (Fsp3) is 0.286. The molecule has 27 heavy (non-hydrogen) atoms. The van der Waals surface area contributed by atoms with Gasteiger partial charge in [0, 0.05) is 18.4 Å². The zero-order valence-corrected chi connectivity index (χ0v) is 15.2. The van der Waals surface area contributed by atoms with Crippen LogP contribution in [0.5, 0.6) is 5.75 Å². The van der Waals surface area contributed by atoms with Gasteiger partial charge in [-0.25, -0.2) is 4.98 Å². The van der Waals surface area contributed by atoms with Crippen molar-refractivity contribution in [3.8, 4) is 5.75 Å². The number of nitrogens with zero attached hydrogens (tertiary/aromatic N) is 1. The molecule has 0 saturated heterocycles. The van der Waals surface area contributed by atoms with Crippen molar-refractivity contribution in [2.45, 2.75) is 32.8 Å². The molecule has 1 aromatic heterocycles. The number of aromatic amines is 1. The number of ether oxygens (including phenoxy) is 2. The third-order valence-electron chi connectivity index (χ3n) is 4.12. The number of para-hydroxylation sites is 2. The van der Waals surface area contributed by atoms with Gasteiger partial charge in [-0.1, -0.05) is 30.3 Å². The molecule has 0 atom stereocenters. The average molecular weight is 366 g/mol. The lowest BCUT2D eigenvalue weighted by Crippen LogP contribution is -2.12. The Morgan fingerprint density at radius 1 is 1.11 bits per heavy atom. The van der Waals surface area contributed by atoms with Crippen LogP contribution in [0.1, 0.15) is 31.2 Å². The van der Waals surface area contributed by atoms with Crippen LogP contribution in [0.3, 0.4) is 0 Å². The van der Waals surface area contributed by atoms with E-state index in [1.54, 1.807) is 18.2 Å². The minimum Gasteiger partial charge on any atom is -0.493 e. The number of H-pyrrole nitrogens is 1. The van der Waals surface area contributed by atoms with E-state index in [1.807, 2.05) is 37.3 Å². The monoisotopic (exact) mass is 366 g/mol. The smallest absolute Gasteiger partial charge is 0.306 e. The Labute approximate surface area is 157 Å². The number of carbonyl (C=O) groups excluding carboxylic acids is 1. The van der Waals surface area contributed by atoms with Gasteiger partial charge in [-0.3, -0.25) is 9.59 Å². The molecule has 0 spiro atoms. The summed E-state index contributed by atoms with van der Waals surface area (Å²) in [5.74, 6) is 1.02. The first-order valence-electron chi connectivity index (χ1n) is 9.01. The Kier molecular flexibility index (Phi) is 6.20. The lowest BCUT2D eigenvalue weighted by Gasteiger charge is -2.10. The number of aromatic nitrogens is 2. The number of esters is 1. The number of benzene rings is 2. The summed E-state index contributed by atoms with van der Waals surface area (Å²) in [5.41, 5.74) is 1.34. The van der Waals surface area contributed by atoms with Gasteiger partial charge in [0.1, 0.15) is 18.2 Å². The molecule has 0 bridgehead atoms. The summed E-state index contributed by atoms with van der Waals surface area (Å²) in [4.78, 5) is 31.2. The lowest BCUT2D eigenvalue weighted by atomic mass is 10.2. The molecule has 6 nitrogen and oxygen atoms in total. The molecule has 1 heterocycles. The maximum Gasteiger partial charge on any atom is 0.306 e. The summed E-state index contributed by atoms with van der Waals surface area (Å²) in [6.45, 7) is 2.65. The Bertz CT molecular complexity index is 981. The third-order valence-corrected chi connectivity index (χ3v) is 4.12. The van der Waals surface area contributed by atoms with Crippen LogP contribution in [0.15, 0.2) is 53.3 Å². The molecule has 6 heteroatoms. The van der Waals surface area contributed by atoms with Crippen molar-refractivity contribution in [2.75, 3.05) is 6.61 Å². The number of rotatable bonds is 8. The van der Waals surface area contributed by atoms with E-state index in [0.29, 0.717) is 36.2 Å². The zero-order chi connectivity index (χ0) is 19.1. The maximum atomic E-state index is 12.0. The molecule has 0 aliphatic rings. The molecule has 0 amide bonds. The predicted octanol–water partition coefficient (Wildman–Crippen LogP) is 3.39. The minimum absolute atomic E-state index is 0.161. The topological polar surface area (TPSA) is 81.3 Å². The number of hydrogen-bond acceptors (Lipinski definition) is 5. The van der Waals surface area contributed by atoms with Gasteiger partial charge in [0.15, 0.2) is 0 Å². The molecule has 0 aliphatic carbocycles. The van der Waals surface area contributed by atoms with Crippen LogP contribution < -0.4 is 10.3 Å². The van der Waals surface area contributed by atoms with Gasteiger partial charge in [0.2, 0.25) is 0 Å². The maximum absolute atomic E-state index is 12.0. The van der Waals surface area contributed by atoms with E-state index in [4.69, 9.17) is 9.47 Å². The number of fused-ring (bicyclic) bond motifs is 1. The van der Waals surface area contributed by atoms with Gasteiger partial charge in [-0.15, -0.1) is 0 Å². The van der Waals surface area contributed by atoms with Crippen LogP contribution in [-0.2, 0) is 22.6 Å². The molecule has 0 aliphatic heterocycles. The van der Waals surface area contributed by atoms with E-state index in [2.05, 4.69) is 9.97 Å². The van der Waals surface area contributed by atoms with Crippen molar-refractivity contribution >= 4 is 16.9 Å². The largest absolute Gasteiger partial charge is 0.493 e. The van der Waals surface area contributed by atoms with Crippen molar-refractivity contribution < 1.29 is 14.3 Å². The van der Waals surface area contributed by atoms with Gasteiger partial charge in [0.25, 0.3) is 5.56 Å². The standard InChI is InChI=1S/C21H22N2O4/c1-2-26-18-11-6-3-8-15(18)14-27-20(24)13-7-12-19-22-17-10-5-4-9-16(17)21(25)23-19/h3-6,8-11H,2,7,12-14H2,1H3,(H,22,23,25). The van der Waals surface area contributed by atoms with E-state index in [0.717, 1.165) is 11.3 Å². The highest BCUT2D eigenvalue weighted by Crippen LogP contribution is 2.19. The van der Waals surface area contributed by atoms with Crippen LogP contribution >= 0.6 is 0 Å². The van der Waals surface area contributed by atoms with Gasteiger partial charge in [0.05, 0.1) is 17.5 Å². The fourth-order valence-corrected chi connectivity index (χ4v) is 2.80. The Balaban J connectivity index is 1.51. The molecular formula is C21H22N2O4. The summed E-state index contributed by atoms with van der Waals surface area (Å²) >= 11 is 0. The average Bonchev–Trinajstić information content (AvgIpc) is 2.68. The van der Waals surface area contributed by atoms with Crippen LogP contribution in [0.2, 0.25) is 0 Å². The van der Waals surface area contributed by atoms with Crippen molar-refractivity contribution in [1.82, 2.24) is 9.97 Å². The van der Waals surface area contributed by atoms with Crippen LogP contribution in [-0.4, -0.2) is 22.5 Å².